The van der Waals surface area contributed by atoms with Crippen molar-refractivity contribution in [3.8, 4) is 5.75 Å². The predicted molar refractivity (Wildman–Crippen MR) is 74.5 cm³/mol. The number of rotatable bonds is 7. The monoisotopic (exact) mass is 333 g/mol. The zero-order chi connectivity index (χ0) is 14.3. The fourth-order valence-corrected chi connectivity index (χ4v) is 2.00. The van der Waals surface area contributed by atoms with Gasteiger partial charge in [-0.3, -0.25) is 4.79 Å². The highest BCUT2D eigenvalue weighted by molar-refractivity contribution is 9.09. The van der Waals surface area contributed by atoms with Crippen molar-refractivity contribution < 1.29 is 18.7 Å². The Balaban J connectivity index is 2.50. The van der Waals surface area contributed by atoms with Crippen molar-refractivity contribution in [1.82, 2.24) is 5.32 Å². The normalized spacial score (nSPS) is 12.0. The molecule has 0 aliphatic rings. The first-order chi connectivity index (χ1) is 9.08. The molecule has 4 nitrogen and oxygen atoms in total. The minimum absolute atomic E-state index is 0.0127. The number of hydrogen-bond acceptors (Lipinski definition) is 3. The van der Waals surface area contributed by atoms with Crippen LogP contribution in [0.15, 0.2) is 18.2 Å². The highest BCUT2D eigenvalue weighted by atomic mass is 79.9. The maximum absolute atomic E-state index is 13.6. The molecular weight excluding hydrogens is 317 g/mol. The zero-order valence-corrected chi connectivity index (χ0v) is 12.5. The van der Waals surface area contributed by atoms with Gasteiger partial charge in [0.05, 0.1) is 19.3 Å². The van der Waals surface area contributed by atoms with Gasteiger partial charge in [-0.2, -0.15) is 0 Å². The molecule has 0 radical (unpaired) electrons. The molecule has 1 amide bonds. The summed E-state index contributed by atoms with van der Waals surface area (Å²) in [5.41, 5.74) is 0.0127. The van der Waals surface area contributed by atoms with Crippen molar-refractivity contribution in [1.29, 1.82) is 0 Å². The SMILES string of the molecule is COCC(Br)CCNC(=O)c1ccc(OC)cc1F. The summed E-state index contributed by atoms with van der Waals surface area (Å²) in [6, 6.07) is 4.15. The van der Waals surface area contributed by atoms with Gasteiger partial charge in [0, 0.05) is 24.5 Å². The Morgan fingerprint density at radius 1 is 1.47 bits per heavy atom. The lowest BCUT2D eigenvalue weighted by atomic mass is 10.2. The largest absolute Gasteiger partial charge is 0.497 e. The highest BCUT2D eigenvalue weighted by Gasteiger charge is 2.12. The molecule has 0 saturated carbocycles. The van der Waals surface area contributed by atoms with E-state index >= 15 is 0 Å². The van der Waals surface area contributed by atoms with Crippen LogP contribution in [0.4, 0.5) is 4.39 Å². The summed E-state index contributed by atoms with van der Waals surface area (Å²) in [5, 5.41) is 2.66. The fourth-order valence-electron chi connectivity index (χ4n) is 1.51. The van der Waals surface area contributed by atoms with Crippen LogP contribution in [-0.4, -0.2) is 38.1 Å². The number of amides is 1. The van der Waals surface area contributed by atoms with E-state index in [4.69, 9.17) is 9.47 Å². The summed E-state index contributed by atoms with van der Waals surface area (Å²) in [6.45, 7) is 1.01. The first-order valence-corrected chi connectivity index (χ1v) is 6.74. The minimum atomic E-state index is -0.593. The van der Waals surface area contributed by atoms with Crippen LogP contribution in [0.1, 0.15) is 16.8 Å². The number of halogens is 2. The third-order valence-electron chi connectivity index (χ3n) is 2.51. The molecule has 1 rings (SSSR count). The van der Waals surface area contributed by atoms with Crippen LogP contribution in [-0.2, 0) is 4.74 Å². The van der Waals surface area contributed by atoms with Crippen molar-refractivity contribution in [3.05, 3.63) is 29.6 Å². The standard InChI is InChI=1S/C13H17BrFNO3/c1-18-8-9(14)5-6-16-13(17)11-4-3-10(19-2)7-12(11)15/h3-4,7,9H,5-6,8H2,1-2H3,(H,16,17). The molecule has 0 spiro atoms. The van der Waals surface area contributed by atoms with E-state index < -0.39 is 11.7 Å². The number of benzene rings is 1. The smallest absolute Gasteiger partial charge is 0.254 e. The molecule has 0 saturated heterocycles. The minimum Gasteiger partial charge on any atom is -0.497 e. The molecule has 0 fully saturated rings. The third kappa shape index (κ3) is 5.16. The van der Waals surface area contributed by atoms with E-state index in [2.05, 4.69) is 21.2 Å². The Morgan fingerprint density at radius 3 is 2.79 bits per heavy atom. The molecule has 0 aliphatic carbocycles. The molecule has 106 valence electrons. The Bertz CT molecular complexity index is 428. The van der Waals surface area contributed by atoms with Crippen molar-refractivity contribution in [2.45, 2.75) is 11.2 Å². The molecule has 1 unspecified atom stereocenters. The lowest BCUT2D eigenvalue weighted by Crippen LogP contribution is -2.27. The summed E-state index contributed by atoms with van der Waals surface area (Å²) in [4.78, 5) is 11.9. The van der Waals surface area contributed by atoms with Crippen LogP contribution in [0.25, 0.3) is 0 Å². The third-order valence-corrected chi connectivity index (χ3v) is 3.23. The van der Waals surface area contributed by atoms with E-state index in [0.29, 0.717) is 25.3 Å². The molecule has 1 N–H and O–H groups in total. The average molecular weight is 334 g/mol. The Morgan fingerprint density at radius 2 is 2.21 bits per heavy atom. The van der Waals surface area contributed by atoms with Gasteiger partial charge in [-0.1, -0.05) is 15.9 Å². The van der Waals surface area contributed by atoms with Crippen LogP contribution in [0.3, 0.4) is 0 Å². The molecule has 19 heavy (non-hydrogen) atoms. The Labute approximate surface area is 120 Å². The van der Waals surface area contributed by atoms with Crippen LogP contribution < -0.4 is 10.1 Å². The number of ether oxygens (including phenoxy) is 2. The number of carbonyl (C=O) groups is 1. The molecule has 0 heterocycles. The van der Waals surface area contributed by atoms with Crippen molar-refractivity contribution >= 4 is 21.8 Å². The molecule has 6 heteroatoms. The van der Waals surface area contributed by atoms with Gasteiger partial charge in [0.25, 0.3) is 5.91 Å². The fraction of sp³-hybridized carbons (Fsp3) is 0.462. The van der Waals surface area contributed by atoms with E-state index in [1.165, 1.54) is 19.2 Å². The van der Waals surface area contributed by atoms with Gasteiger partial charge in [-0.25, -0.2) is 4.39 Å². The maximum Gasteiger partial charge on any atom is 0.254 e. The number of nitrogens with one attached hydrogen (secondary N) is 1. The van der Waals surface area contributed by atoms with Crippen molar-refractivity contribution in [2.75, 3.05) is 27.4 Å². The maximum atomic E-state index is 13.6. The van der Waals surface area contributed by atoms with Crippen LogP contribution >= 0.6 is 15.9 Å². The lowest BCUT2D eigenvalue weighted by Gasteiger charge is -2.10. The van der Waals surface area contributed by atoms with Gasteiger partial charge >= 0.3 is 0 Å². The summed E-state index contributed by atoms with van der Waals surface area (Å²) in [5.74, 6) is -0.643. The lowest BCUT2D eigenvalue weighted by molar-refractivity contribution is 0.0948. The molecule has 1 aromatic carbocycles. The van der Waals surface area contributed by atoms with Crippen LogP contribution in [0.2, 0.25) is 0 Å². The van der Waals surface area contributed by atoms with Crippen LogP contribution in [0, 0.1) is 5.82 Å². The van der Waals surface area contributed by atoms with Gasteiger partial charge in [-0.15, -0.1) is 0 Å². The van der Waals surface area contributed by atoms with Crippen molar-refractivity contribution in [2.24, 2.45) is 0 Å². The zero-order valence-electron chi connectivity index (χ0n) is 10.9. The first kappa shape index (κ1) is 15.9. The number of hydrogen-bond donors (Lipinski definition) is 1. The second-order valence-electron chi connectivity index (χ2n) is 3.94. The van der Waals surface area contributed by atoms with Gasteiger partial charge in [0.2, 0.25) is 0 Å². The van der Waals surface area contributed by atoms with E-state index in [1.807, 2.05) is 0 Å². The summed E-state index contributed by atoms with van der Waals surface area (Å²) < 4.78 is 23.5. The van der Waals surface area contributed by atoms with Gasteiger partial charge in [0.15, 0.2) is 0 Å². The number of carbonyl (C=O) groups excluding carboxylic acids is 1. The van der Waals surface area contributed by atoms with E-state index in [-0.39, 0.29) is 10.4 Å². The first-order valence-electron chi connectivity index (χ1n) is 5.83. The Hall–Kier alpha value is -1.14. The van der Waals surface area contributed by atoms with Crippen molar-refractivity contribution in [3.63, 3.8) is 0 Å². The average Bonchev–Trinajstić information content (AvgIpc) is 2.38. The number of alkyl halides is 1. The molecule has 0 aliphatic heterocycles. The second-order valence-corrected chi connectivity index (χ2v) is 5.24. The summed E-state index contributed by atoms with van der Waals surface area (Å²) in [7, 11) is 3.06. The van der Waals surface area contributed by atoms with E-state index in [0.717, 1.165) is 0 Å². The molecular formula is C13H17BrFNO3. The Kier molecular flexibility index (Phi) is 6.80. The topological polar surface area (TPSA) is 47.6 Å². The van der Waals surface area contributed by atoms with Gasteiger partial charge in [-0.05, 0) is 18.6 Å². The highest BCUT2D eigenvalue weighted by Crippen LogP contribution is 2.16. The molecule has 1 aromatic rings. The van der Waals surface area contributed by atoms with Gasteiger partial charge in [0.1, 0.15) is 11.6 Å². The molecule has 1 atom stereocenters. The van der Waals surface area contributed by atoms with E-state index in [1.54, 1.807) is 13.2 Å². The second kappa shape index (κ2) is 8.12. The van der Waals surface area contributed by atoms with Crippen LogP contribution in [0.5, 0.6) is 5.75 Å². The molecule has 0 aromatic heterocycles. The van der Waals surface area contributed by atoms with Gasteiger partial charge < -0.3 is 14.8 Å². The quantitative estimate of drug-likeness (QED) is 0.779. The summed E-state index contributed by atoms with van der Waals surface area (Å²) in [6.07, 6.45) is 0.706. The summed E-state index contributed by atoms with van der Waals surface area (Å²) >= 11 is 3.41. The number of methoxy groups -OCH3 is 2. The predicted octanol–water partition coefficient (Wildman–Crippen LogP) is 2.36. The molecule has 0 bridgehead atoms. The van der Waals surface area contributed by atoms with E-state index in [9.17, 15) is 9.18 Å².